The molecule has 0 amide bonds. The molecule has 2 fully saturated rings. The molecule has 0 aromatic rings. The van der Waals surface area contributed by atoms with E-state index in [0.717, 1.165) is 0 Å². The standard InChI is InChI=1S/C8H7NO4/c9-4-3-1-2-7(5(3)10)8(4,13-7)6(11)12/h1-4H,9H2,(H,11,12). The first kappa shape index (κ1) is 7.23. The van der Waals surface area contributed by atoms with Gasteiger partial charge in [0.25, 0.3) is 0 Å². The first-order chi connectivity index (χ1) is 6.06. The van der Waals surface area contributed by atoms with Crippen LogP contribution in [-0.2, 0) is 14.3 Å². The van der Waals surface area contributed by atoms with E-state index < -0.39 is 29.1 Å². The summed E-state index contributed by atoms with van der Waals surface area (Å²) in [4.78, 5) is 22.4. The van der Waals surface area contributed by atoms with E-state index >= 15 is 0 Å². The monoisotopic (exact) mass is 181 g/mol. The first-order valence-electron chi connectivity index (χ1n) is 3.99. The molecule has 3 aliphatic rings. The van der Waals surface area contributed by atoms with Crippen molar-refractivity contribution in [2.45, 2.75) is 17.2 Å². The van der Waals surface area contributed by atoms with Crippen molar-refractivity contribution < 1.29 is 19.4 Å². The fraction of sp³-hybridized carbons (Fsp3) is 0.500. The van der Waals surface area contributed by atoms with Crippen LogP contribution in [0.15, 0.2) is 12.2 Å². The molecule has 68 valence electrons. The Morgan fingerprint density at radius 1 is 1.69 bits per heavy atom. The van der Waals surface area contributed by atoms with Crippen molar-refractivity contribution in [3.63, 3.8) is 0 Å². The minimum atomic E-state index is -1.45. The Morgan fingerprint density at radius 2 is 2.38 bits per heavy atom. The van der Waals surface area contributed by atoms with Crippen LogP contribution in [0.1, 0.15) is 0 Å². The molecule has 13 heavy (non-hydrogen) atoms. The Morgan fingerprint density at radius 3 is 2.77 bits per heavy atom. The lowest BCUT2D eigenvalue weighted by atomic mass is 9.89. The molecular weight excluding hydrogens is 174 g/mol. The van der Waals surface area contributed by atoms with Gasteiger partial charge in [0, 0.05) is 0 Å². The van der Waals surface area contributed by atoms with E-state index in [4.69, 9.17) is 15.6 Å². The van der Waals surface area contributed by atoms with Crippen LogP contribution in [-0.4, -0.2) is 34.1 Å². The number of epoxide rings is 1. The number of hydrogen-bond acceptors (Lipinski definition) is 4. The summed E-state index contributed by atoms with van der Waals surface area (Å²) in [6, 6.07) is -0.734. The van der Waals surface area contributed by atoms with Crippen molar-refractivity contribution in [3.8, 4) is 0 Å². The molecule has 1 saturated heterocycles. The number of nitrogens with two attached hydrogens (primary N) is 1. The molecule has 4 unspecified atom stereocenters. The van der Waals surface area contributed by atoms with Gasteiger partial charge in [0.1, 0.15) is 0 Å². The fourth-order valence-corrected chi connectivity index (χ4v) is 2.47. The summed E-state index contributed by atoms with van der Waals surface area (Å²) < 4.78 is 5.04. The highest BCUT2D eigenvalue weighted by Crippen LogP contribution is 2.63. The molecule has 5 heteroatoms. The number of rotatable bonds is 1. The molecule has 0 aromatic heterocycles. The quantitative estimate of drug-likeness (QED) is 0.386. The summed E-state index contributed by atoms with van der Waals surface area (Å²) in [5.74, 6) is -1.81. The molecule has 1 saturated carbocycles. The number of ether oxygens (including phenoxy) is 1. The van der Waals surface area contributed by atoms with E-state index in [1.54, 1.807) is 6.08 Å². The predicted octanol–water partition coefficient (Wildman–Crippen LogP) is -1.33. The lowest BCUT2D eigenvalue weighted by molar-refractivity contribution is -0.144. The minimum Gasteiger partial charge on any atom is -0.479 e. The van der Waals surface area contributed by atoms with Crippen LogP contribution in [0.25, 0.3) is 0 Å². The second kappa shape index (κ2) is 1.56. The van der Waals surface area contributed by atoms with E-state index in [2.05, 4.69) is 0 Å². The topological polar surface area (TPSA) is 92.9 Å². The zero-order valence-corrected chi connectivity index (χ0v) is 6.56. The van der Waals surface area contributed by atoms with E-state index in [1.807, 2.05) is 0 Å². The van der Waals surface area contributed by atoms with Gasteiger partial charge in [-0.3, -0.25) is 4.79 Å². The molecule has 2 aliphatic carbocycles. The Bertz CT molecular complexity index is 376. The number of ketones is 1. The highest BCUT2D eigenvalue weighted by Gasteiger charge is 2.88. The molecule has 0 radical (unpaired) electrons. The minimum absolute atomic E-state index is 0.206. The van der Waals surface area contributed by atoms with Gasteiger partial charge >= 0.3 is 5.97 Å². The molecule has 3 rings (SSSR count). The summed E-state index contributed by atoms with van der Waals surface area (Å²) in [5, 5.41) is 8.93. The van der Waals surface area contributed by atoms with Gasteiger partial charge in [-0.1, -0.05) is 6.08 Å². The van der Waals surface area contributed by atoms with Crippen molar-refractivity contribution in [1.82, 2.24) is 0 Å². The van der Waals surface area contributed by atoms with Gasteiger partial charge in [-0.25, -0.2) is 4.79 Å². The van der Waals surface area contributed by atoms with E-state index in [1.165, 1.54) is 6.08 Å². The summed E-state index contributed by atoms with van der Waals surface area (Å²) >= 11 is 0. The van der Waals surface area contributed by atoms with E-state index in [0.29, 0.717) is 0 Å². The smallest absolute Gasteiger partial charge is 0.341 e. The Balaban J connectivity index is 2.21. The zero-order chi connectivity index (χ0) is 9.43. The number of carboxylic acid groups (broad SMARTS) is 1. The van der Waals surface area contributed by atoms with Crippen LogP contribution >= 0.6 is 0 Å². The SMILES string of the molecule is NC1C2C=CC3(OC13C(=O)O)C2=O. The molecule has 4 atom stereocenters. The van der Waals surface area contributed by atoms with Crippen LogP contribution in [0.3, 0.4) is 0 Å². The van der Waals surface area contributed by atoms with Crippen molar-refractivity contribution in [3.05, 3.63) is 12.2 Å². The van der Waals surface area contributed by atoms with E-state index in [9.17, 15) is 9.59 Å². The number of Topliss-reactive ketones (excluding diaryl/α,β-unsaturated/α-hetero) is 1. The summed E-state index contributed by atoms with van der Waals surface area (Å²) in [6.45, 7) is 0. The predicted molar refractivity (Wildman–Crippen MR) is 39.8 cm³/mol. The highest BCUT2D eigenvalue weighted by atomic mass is 16.7. The summed E-state index contributed by atoms with van der Waals surface area (Å²) in [7, 11) is 0. The normalized spacial score (nSPS) is 55.3. The Kier molecular flexibility index (Phi) is 0.866. The third-order valence-corrected chi connectivity index (χ3v) is 3.21. The maximum Gasteiger partial charge on any atom is 0.341 e. The van der Waals surface area contributed by atoms with Crippen molar-refractivity contribution in [2.75, 3.05) is 0 Å². The molecule has 1 heterocycles. The van der Waals surface area contributed by atoms with Gasteiger partial charge in [-0.15, -0.1) is 0 Å². The van der Waals surface area contributed by atoms with Gasteiger partial charge in [-0.2, -0.15) is 0 Å². The Hall–Kier alpha value is -1.20. The summed E-state index contributed by atoms with van der Waals surface area (Å²) in [6.07, 6.45) is 3.17. The third kappa shape index (κ3) is 0.436. The fourth-order valence-electron chi connectivity index (χ4n) is 2.47. The van der Waals surface area contributed by atoms with Crippen LogP contribution in [0.5, 0.6) is 0 Å². The molecule has 3 N–H and O–H groups in total. The second-order valence-corrected chi connectivity index (χ2v) is 3.65. The lowest BCUT2D eigenvalue weighted by Gasteiger charge is -2.16. The van der Waals surface area contributed by atoms with Crippen molar-refractivity contribution in [1.29, 1.82) is 0 Å². The molecule has 2 bridgehead atoms. The molecule has 1 spiro atoms. The number of carbonyl (C=O) groups excluding carboxylic acids is 1. The van der Waals surface area contributed by atoms with Crippen LogP contribution < -0.4 is 5.73 Å². The molecule has 0 aromatic carbocycles. The van der Waals surface area contributed by atoms with Gasteiger partial charge in [0.2, 0.25) is 5.60 Å². The number of carbonyl (C=O) groups is 2. The van der Waals surface area contributed by atoms with Crippen molar-refractivity contribution in [2.24, 2.45) is 11.7 Å². The zero-order valence-electron chi connectivity index (χ0n) is 6.56. The van der Waals surface area contributed by atoms with Crippen LogP contribution in [0.4, 0.5) is 0 Å². The van der Waals surface area contributed by atoms with Crippen LogP contribution in [0, 0.1) is 5.92 Å². The number of fused-ring (bicyclic) bond motifs is 1. The maximum absolute atomic E-state index is 11.5. The molecular formula is C8H7NO4. The van der Waals surface area contributed by atoms with Gasteiger partial charge in [0.15, 0.2) is 11.4 Å². The number of hydrogen-bond donors (Lipinski definition) is 2. The third-order valence-electron chi connectivity index (χ3n) is 3.21. The molecule has 1 aliphatic heterocycles. The maximum atomic E-state index is 11.5. The summed E-state index contributed by atoms with van der Waals surface area (Å²) in [5.41, 5.74) is 2.97. The van der Waals surface area contributed by atoms with Crippen molar-refractivity contribution >= 4 is 11.8 Å². The Labute approximate surface area is 73.2 Å². The second-order valence-electron chi connectivity index (χ2n) is 3.65. The van der Waals surface area contributed by atoms with Gasteiger partial charge < -0.3 is 15.6 Å². The average molecular weight is 181 g/mol. The number of aliphatic carboxylic acids is 1. The van der Waals surface area contributed by atoms with Crippen LogP contribution in [0.2, 0.25) is 0 Å². The first-order valence-corrected chi connectivity index (χ1v) is 3.99. The highest BCUT2D eigenvalue weighted by molar-refractivity contribution is 6.12. The lowest BCUT2D eigenvalue weighted by Crippen LogP contribution is -2.47. The largest absolute Gasteiger partial charge is 0.479 e. The average Bonchev–Trinajstić information content (AvgIpc) is 2.63. The van der Waals surface area contributed by atoms with Gasteiger partial charge in [-0.05, 0) is 6.08 Å². The van der Waals surface area contributed by atoms with E-state index in [-0.39, 0.29) is 5.78 Å². The number of carboxylic acids is 1. The molecule has 5 nitrogen and oxygen atoms in total. The van der Waals surface area contributed by atoms with Gasteiger partial charge in [0.05, 0.1) is 12.0 Å².